The van der Waals surface area contributed by atoms with Gasteiger partial charge in [-0.1, -0.05) is 0 Å². The van der Waals surface area contributed by atoms with Crippen molar-refractivity contribution in [1.29, 1.82) is 0 Å². The SMILES string of the molecule is O.[OH-].[OH-].[OH-].[Ti+3]. The minimum absolute atomic E-state index is 0. The molecule has 5 heteroatoms. The van der Waals surface area contributed by atoms with Gasteiger partial charge < -0.3 is 21.9 Å². The van der Waals surface area contributed by atoms with E-state index in [0.717, 1.165) is 0 Å². The Bertz CT molecular complexity index is 3.61. The number of rotatable bonds is 0. The van der Waals surface area contributed by atoms with Crippen molar-refractivity contribution in [3.8, 4) is 0 Å². The Morgan fingerprint density at radius 3 is 0.600 bits per heavy atom. The predicted molar refractivity (Wildman–Crippen MR) is 9.42 cm³/mol. The van der Waals surface area contributed by atoms with Crippen molar-refractivity contribution in [1.82, 2.24) is 0 Å². The van der Waals surface area contributed by atoms with Gasteiger partial charge in [0.05, 0.1) is 0 Å². The van der Waals surface area contributed by atoms with Crippen molar-refractivity contribution in [2.24, 2.45) is 0 Å². The van der Waals surface area contributed by atoms with Crippen LogP contribution in [0.2, 0.25) is 0 Å². The van der Waals surface area contributed by atoms with E-state index in [0.29, 0.717) is 0 Å². The van der Waals surface area contributed by atoms with Gasteiger partial charge in [0.1, 0.15) is 0 Å². The third-order valence-electron chi connectivity index (χ3n) is 0. The zero-order valence-corrected chi connectivity index (χ0v) is 3.90. The van der Waals surface area contributed by atoms with Crippen LogP contribution in [-0.4, -0.2) is 21.9 Å². The summed E-state index contributed by atoms with van der Waals surface area (Å²) in [7, 11) is 0. The summed E-state index contributed by atoms with van der Waals surface area (Å²) in [6.45, 7) is 0. The third kappa shape index (κ3) is 96.7. The first-order chi connectivity index (χ1) is 0. The molecule has 0 aliphatic carbocycles. The van der Waals surface area contributed by atoms with Crippen molar-refractivity contribution in [2.75, 3.05) is 0 Å². The van der Waals surface area contributed by atoms with Gasteiger partial charge in [-0.2, -0.15) is 0 Å². The molecule has 0 aliphatic heterocycles. The molecule has 0 amide bonds. The Balaban J connectivity index is 0. The molecule has 0 atom stereocenters. The minimum atomic E-state index is 0. The molecular formula is H5O4Ti. The Hall–Kier alpha value is 0.554. The molecule has 0 aliphatic rings. The van der Waals surface area contributed by atoms with E-state index in [9.17, 15) is 0 Å². The Morgan fingerprint density at radius 1 is 0.600 bits per heavy atom. The van der Waals surface area contributed by atoms with E-state index in [-0.39, 0.29) is 43.6 Å². The van der Waals surface area contributed by atoms with Crippen LogP contribution in [0.5, 0.6) is 0 Å². The minimum Gasteiger partial charge on any atom is -0.870 e. The first-order valence-electron chi connectivity index (χ1n) is 0. The zero-order valence-electron chi connectivity index (χ0n) is 2.34. The summed E-state index contributed by atoms with van der Waals surface area (Å²) < 4.78 is 0. The van der Waals surface area contributed by atoms with E-state index in [2.05, 4.69) is 0 Å². The Labute approximate surface area is 44.3 Å². The first kappa shape index (κ1) is 375. The van der Waals surface area contributed by atoms with Crippen LogP contribution in [0.15, 0.2) is 0 Å². The Kier molecular flexibility index (Phi) is 14000. The molecule has 0 saturated heterocycles. The molecule has 0 aromatic carbocycles. The van der Waals surface area contributed by atoms with Crippen LogP contribution in [0.25, 0.3) is 0 Å². The van der Waals surface area contributed by atoms with E-state index in [1.807, 2.05) is 0 Å². The first-order valence-corrected chi connectivity index (χ1v) is 0. The van der Waals surface area contributed by atoms with Gasteiger partial charge in [-0.05, 0) is 0 Å². The molecule has 0 unspecified atom stereocenters. The van der Waals surface area contributed by atoms with Gasteiger partial charge in [-0.3, -0.25) is 0 Å². The van der Waals surface area contributed by atoms with Gasteiger partial charge in [-0.15, -0.1) is 0 Å². The average molecular weight is 117 g/mol. The fourth-order valence-corrected chi connectivity index (χ4v) is 0. The molecule has 0 spiro atoms. The van der Waals surface area contributed by atoms with Crippen LogP contribution >= 0.6 is 0 Å². The average Bonchev–Trinajstić information content (AvgIpc) is 0. The van der Waals surface area contributed by atoms with Gasteiger partial charge >= 0.3 is 21.7 Å². The second-order valence-electron chi connectivity index (χ2n) is 0. The molecular weight excluding hydrogens is 112 g/mol. The summed E-state index contributed by atoms with van der Waals surface area (Å²) in [5, 5.41) is 0. The van der Waals surface area contributed by atoms with Crippen molar-refractivity contribution in [2.45, 2.75) is 0 Å². The second-order valence-corrected chi connectivity index (χ2v) is 0. The molecule has 5 N–H and O–H groups in total. The summed E-state index contributed by atoms with van der Waals surface area (Å²) in [6, 6.07) is 0. The van der Waals surface area contributed by atoms with Crippen LogP contribution in [0.1, 0.15) is 0 Å². The van der Waals surface area contributed by atoms with Crippen LogP contribution in [0.4, 0.5) is 0 Å². The molecule has 1 radical (unpaired) electrons. The molecule has 0 rings (SSSR count). The molecule has 4 nitrogen and oxygen atoms in total. The number of hydrogen-bond donors (Lipinski definition) is 0. The maximum atomic E-state index is 0. The molecule has 0 aromatic heterocycles. The van der Waals surface area contributed by atoms with E-state index < -0.39 is 0 Å². The van der Waals surface area contributed by atoms with E-state index in [4.69, 9.17) is 0 Å². The smallest absolute Gasteiger partial charge is 0.870 e. The van der Waals surface area contributed by atoms with Gasteiger partial charge in [0.25, 0.3) is 0 Å². The topological polar surface area (TPSA) is 122 Å². The van der Waals surface area contributed by atoms with Gasteiger partial charge in [0.2, 0.25) is 0 Å². The van der Waals surface area contributed by atoms with Crippen molar-refractivity contribution < 1.29 is 43.6 Å². The molecule has 5 heavy (non-hydrogen) atoms. The van der Waals surface area contributed by atoms with E-state index >= 15 is 0 Å². The molecule has 0 bridgehead atoms. The van der Waals surface area contributed by atoms with Gasteiger partial charge in [-0.25, -0.2) is 0 Å². The van der Waals surface area contributed by atoms with Crippen LogP contribution in [-0.2, 0) is 21.7 Å². The van der Waals surface area contributed by atoms with E-state index in [1.165, 1.54) is 0 Å². The quantitative estimate of drug-likeness (QED) is 0.364. The molecule has 0 saturated carbocycles. The molecule has 0 heterocycles. The maximum Gasteiger partial charge on any atom is 3.00 e. The summed E-state index contributed by atoms with van der Waals surface area (Å²) in [6.07, 6.45) is 0. The summed E-state index contributed by atoms with van der Waals surface area (Å²) in [4.78, 5) is 0. The van der Waals surface area contributed by atoms with Crippen LogP contribution in [0.3, 0.4) is 0 Å². The van der Waals surface area contributed by atoms with Gasteiger partial charge in [0, 0.05) is 0 Å². The number of hydrogen-bond acceptors (Lipinski definition) is 3. The standard InChI is InChI=1S/4H2O.Ti/h4*1H2;/q;;;;+3/p-3. The summed E-state index contributed by atoms with van der Waals surface area (Å²) in [5.41, 5.74) is 0. The molecule has 0 aromatic rings. The van der Waals surface area contributed by atoms with Gasteiger partial charge in [0.15, 0.2) is 0 Å². The monoisotopic (exact) mass is 117 g/mol. The second kappa shape index (κ2) is 187. The fraction of sp³-hybridized carbons (Fsp3) is 0. The fourth-order valence-electron chi connectivity index (χ4n) is 0. The summed E-state index contributed by atoms with van der Waals surface area (Å²) in [5.74, 6) is 0. The molecule has 33 valence electrons. The predicted octanol–water partition coefficient (Wildman–Crippen LogP) is -1.36. The van der Waals surface area contributed by atoms with Crippen molar-refractivity contribution in [3.63, 3.8) is 0 Å². The zero-order chi connectivity index (χ0) is 0. The van der Waals surface area contributed by atoms with Crippen molar-refractivity contribution in [3.05, 3.63) is 0 Å². The summed E-state index contributed by atoms with van der Waals surface area (Å²) >= 11 is 0. The largest absolute Gasteiger partial charge is 3.00 e. The van der Waals surface area contributed by atoms with Crippen LogP contribution in [0, 0.1) is 0 Å². The molecule has 0 fully saturated rings. The van der Waals surface area contributed by atoms with E-state index in [1.54, 1.807) is 0 Å². The maximum absolute atomic E-state index is 0. The third-order valence-corrected chi connectivity index (χ3v) is 0. The van der Waals surface area contributed by atoms with Crippen LogP contribution < -0.4 is 0 Å². The Morgan fingerprint density at radius 2 is 0.600 bits per heavy atom. The normalized spacial score (nSPS) is 0. The van der Waals surface area contributed by atoms with Crippen molar-refractivity contribution >= 4 is 0 Å².